The first-order valence-corrected chi connectivity index (χ1v) is 5.76. The van der Waals surface area contributed by atoms with E-state index in [0.29, 0.717) is 25.3 Å². The van der Waals surface area contributed by atoms with Gasteiger partial charge < -0.3 is 20.5 Å². The average molecular weight is 256 g/mol. The summed E-state index contributed by atoms with van der Waals surface area (Å²) in [6.45, 7) is 2.69. The molecule has 1 rings (SSSR count). The summed E-state index contributed by atoms with van der Waals surface area (Å²) >= 11 is 0. The average Bonchev–Trinajstić information content (AvgIpc) is 2.75. The van der Waals surface area contributed by atoms with Crippen molar-refractivity contribution < 1.29 is 14.3 Å². The summed E-state index contributed by atoms with van der Waals surface area (Å²) in [6.07, 6.45) is 0.515. The van der Waals surface area contributed by atoms with Crippen molar-refractivity contribution in [1.82, 2.24) is 15.5 Å². The largest absolute Gasteiger partial charge is 0.395 e. The van der Waals surface area contributed by atoms with Crippen LogP contribution in [0.15, 0.2) is 0 Å². The number of hydrogen-bond acceptors (Lipinski definition) is 5. The van der Waals surface area contributed by atoms with Crippen molar-refractivity contribution in [2.24, 2.45) is 0 Å². The zero-order valence-electron chi connectivity index (χ0n) is 10.9. The molecule has 0 saturated carbocycles. The monoisotopic (exact) mass is 256 g/mol. The normalized spacial score (nSPS) is 12.4. The number of amides is 1. The van der Waals surface area contributed by atoms with Crippen LogP contribution >= 0.6 is 0 Å². The van der Waals surface area contributed by atoms with Gasteiger partial charge in [-0.1, -0.05) is 6.92 Å². The van der Waals surface area contributed by atoms with Crippen LogP contribution in [0.3, 0.4) is 0 Å². The molecule has 0 aliphatic heterocycles. The van der Waals surface area contributed by atoms with E-state index >= 15 is 0 Å². The molecule has 18 heavy (non-hydrogen) atoms. The summed E-state index contributed by atoms with van der Waals surface area (Å²) in [6, 6.07) is 0. The van der Waals surface area contributed by atoms with Crippen LogP contribution in [0.5, 0.6) is 0 Å². The number of carbonyl (C=O) groups is 1. The van der Waals surface area contributed by atoms with Gasteiger partial charge in [-0.3, -0.25) is 9.89 Å². The first kappa shape index (κ1) is 14.5. The highest BCUT2D eigenvalue weighted by Gasteiger charge is 2.17. The van der Waals surface area contributed by atoms with Gasteiger partial charge in [-0.05, 0) is 6.42 Å². The topological polar surface area (TPSA) is 102 Å². The van der Waals surface area contributed by atoms with Gasteiger partial charge in [-0.2, -0.15) is 5.10 Å². The quantitative estimate of drug-likeness (QED) is 0.634. The number of nitrogen functional groups attached to an aromatic ring is 1. The van der Waals surface area contributed by atoms with E-state index in [1.54, 1.807) is 14.2 Å². The van der Waals surface area contributed by atoms with Gasteiger partial charge in [0.2, 0.25) is 0 Å². The maximum Gasteiger partial charge on any atom is 0.274 e. The summed E-state index contributed by atoms with van der Waals surface area (Å²) in [5.41, 5.74) is 7.19. The Labute approximate surface area is 106 Å². The van der Waals surface area contributed by atoms with Crippen molar-refractivity contribution in [2.75, 3.05) is 33.1 Å². The maximum atomic E-state index is 11.8. The van der Waals surface area contributed by atoms with Gasteiger partial charge in [0.25, 0.3) is 5.91 Å². The molecule has 0 bridgehead atoms. The number of H-pyrrole nitrogens is 1. The number of ether oxygens (including phenoxy) is 2. The Balaban J connectivity index is 2.57. The van der Waals surface area contributed by atoms with E-state index in [-0.39, 0.29) is 17.7 Å². The van der Waals surface area contributed by atoms with Crippen LogP contribution < -0.4 is 11.1 Å². The van der Waals surface area contributed by atoms with Gasteiger partial charge in [0.15, 0.2) is 5.69 Å². The third-order valence-electron chi connectivity index (χ3n) is 2.63. The molecule has 1 unspecified atom stereocenters. The second-order valence-electron chi connectivity index (χ2n) is 3.84. The Morgan fingerprint density at radius 1 is 1.56 bits per heavy atom. The van der Waals surface area contributed by atoms with E-state index in [9.17, 15) is 4.79 Å². The van der Waals surface area contributed by atoms with Crippen molar-refractivity contribution in [3.05, 3.63) is 11.4 Å². The molecule has 7 nitrogen and oxygen atoms in total. The zero-order chi connectivity index (χ0) is 13.5. The smallest absolute Gasteiger partial charge is 0.274 e. The van der Waals surface area contributed by atoms with Crippen LogP contribution in [0, 0.1) is 0 Å². The lowest BCUT2D eigenvalue weighted by atomic mass is 10.2. The Bertz CT molecular complexity index is 392. The number of methoxy groups -OCH3 is 2. The molecule has 0 radical (unpaired) electrons. The second kappa shape index (κ2) is 6.97. The predicted octanol–water partition coefficient (Wildman–Crippen LogP) is -0.0545. The number of nitrogens with zero attached hydrogens (tertiary/aromatic N) is 1. The molecular weight excluding hydrogens is 236 g/mol. The summed E-state index contributed by atoms with van der Waals surface area (Å²) in [7, 11) is 3.14. The second-order valence-corrected chi connectivity index (χ2v) is 3.84. The Morgan fingerprint density at radius 2 is 2.28 bits per heavy atom. The third kappa shape index (κ3) is 3.44. The standard InChI is InChI=1S/C11H20N4O3/c1-4-8-9(12)10(15-14-8)11(16)13-5-7(18-3)6-17-2/h7H,4-6,12H2,1-3H3,(H,13,16)(H,14,15). The summed E-state index contributed by atoms with van der Waals surface area (Å²) in [4.78, 5) is 11.8. The van der Waals surface area contributed by atoms with Crippen LogP contribution in [0.25, 0.3) is 0 Å². The fourth-order valence-corrected chi connectivity index (χ4v) is 1.52. The summed E-state index contributed by atoms with van der Waals surface area (Å²) < 4.78 is 10.1. The van der Waals surface area contributed by atoms with Crippen molar-refractivity contribution >= 4 is 11.6 Å². The highest BCUT2D eigenvalue weighted by atomic mass is 16.5. The number of rotatable bonds is 7. The van der Waals surface area contributed by atoms with Crippen LogP contribution in [0.2, 0.25) is 0 Å². The van der Waals surface area contributed by atoms with E-state index in [1.165, 1.54) is 0 Å². The lowest BCUT2D eigenvalue weighted by molar-refractivity contribution is 0.0285. The van der Waals surface area contributed by atoms with Crippen molar-refractivity contribution in [2.45, 2.75) is 19.4 Å². The van der Waals surface area contributed by atoms with Crippen LogP contribution in [0.4, 0.5) is 5.69 Å². The summed E-state index contributed by atoms with van der Waals surface area (Å²) in [5, 5.41) is 9.35. The molecular formula is C11H20N4O3. The molecule has 7 heteroatoms. The number of carbonyl (C=O) groups excluding carboxylic acids is 1. The lowest BCUT2D eigenvalue weighted by Crippen LogP contribution is -2.36. The first-order valence-electron chi connectivity index (χ1n) is 5.76. The van der Waals surface area contributed by atoms with E-state index in [0.717, 1.165) is 5.69 Å². The molecule has 0 spiro atoms. The Kier molecular flexibility index (Phi) is 5.60. The van der Waals surface area contributed by atoms with Crippen LogP contribution in [0.1, 0.15) is 23.1 Å². The van der Waals surface area contributed by atoms with E-state index < -0.39 is 0 Å². The van der Waals surface area contributed by atoms with Crippen molar-refractivity contribution in [3.63, 3.8) is 0 Å². The molecule has 1 aromatic rings. The maximum absolute atomic E-state index is 11.8. The van der Waals surface area contributed by atoms with Crippen molar-refractivity contribution in [1.29, 1.82) is 0 Å². The minimum absolute atomic E-state index is 0.190. The highest BCUT2D eigenvalue weighted by molar-refractivity contribution is 5.97. The molecule has 4 N–H and O–H groups in total. The molecule has 102 valence electrons. The lowest BCUT2D eigenvalue weighted by Gasteiger charge is -2.14. The molecule has 0 saturated heterocycles. The van der Waals surface area contributed by atoms with E-state index in [4.69, 9.17) is 15.2 Å². The minimum atomic E-state index is -0.318. The van der Waals surface area contributed by atoms with Crippen molar-refractivity contribution in [3.8, 4) is 0 Å². The first-order chi connectivity index (χ1) is 8.63. The van der Waals surface area contributed by atoms with Gasteiger partial charge in [0.05, 0.1) is 24.1 Å². The summed E-state index contributed by atoms with van der Waals surface area (Å²) in [5.74, 6) is -0.318. The van der Waals surface area contributed by atoms with Gasteiger partial charge >= 0.3 is 0 Å². The predicted molar refractivity (Wildman–Crippen MR) is 67.4 cm³/mol. The minimum Gasteiger partial charge on any atom is -0.395 e. The van der Waals surface area contributed by atoms with Gasteiger partial charge in [0.1, 0.15) is 0 Å². The molecule has 0 aliphatic rings. The number of aromatic amines is 1. The number of nitrogens with one attached hydrogen (secondary N) is 2. The fraction of sp³-hybridized carbons (Fsp3) is 0.636. The SMILES string of the molecule is CCc1[nH]nc(C(=O)NCC(COC)OC)c1N. The molecule has 0 aliphatic carbocycles. The van der Waals surface area contributed by atoms with Crippen LogP contribution in [-0.2, 0) is 15.9 Å². The van der Waals surface area contributed by atoms with Gasteiger partial charge in [-0.25, -0.2) is 0 Å². The molecule has 1 aromatic heterocycles. The molecule has 1 heterocycles. The van der Waals surface area contributed by atoms with Gasteiger partial charge in [-0.15, -0.1) is 0 Å². The third-order valence-corrected chi connectivity index (χ3v) is 2.63. The van der Waals surface area contributed by atoms with E-state index in [1.807, 2.05) is 6.92 Å². The molecule has 1 atom stereocenters. The molecule has 0 fully saturated rings. The highest BCUT2D eigenvalue weighted by Crippen LogP contribution is 2.13. The number of nitrogens with two attached hydrogens (primary N) is 1. The Hall–Kier alpha value is -1.60. The van der Waals surface area contributed by atoms with Crippen LogP contribution in [-0.4, -0.2) is 49.6 Å². The number of aromatic nitrogens is 2. The fourth-order valence-electron chi connectivity index (χ4n) is 1.52. The number of anilines is 1. The Morgan fingerprint density at radius 3 is 2.78 bits per heavy atom. The number of aryl methyl sites for hydroxylation is 1. The molecule has 1 amide bonds. The number of hydrogen-bond donors (Lipinski definition) is 3. The van der Waals surface area contributed by atoms with E-state index in [2.05, 4.69) is 15.5 Å². The zero-order valence-corrected chi connectivity index (χ0v) is 10.9. The van der Waals surface area contributed by atoms with Gasteiger partial charge in [0, 0.05) is 20.8 Å². The molecule has 0 aromatic carbocycles.